The SMILES string of the molecule is COc1cc(-c2c(OC)cc(C(C)(C)C)c3oc4cc(C(C)(C)C)c(O)cc4c23)c(O)c(C(C)(C)C)c1.ClCCl. The van der Waals surface area contributed by atoms with Crippen LogP contribution in [-0.2, 0) is 16.2 Å². The van der Waals surface area contributed by atoms with Gasteiger partial charge in [-0.05, 0) is 46.6 Å². The Bertz CT molecular complexity index is 1530. The summed E-state index contributed by atoms with van der Waals surface area (Å²) in [6, 6.07) is 9.42. The molecule has 0 unspecified atom stereocenters. The zero-order valence-corrected chi connectivity index (χ0v) is 27.0. The molecule has 0 radical (unpaired) electrons. The number of methoxy groups -OCH3 is 2. The zero-order valence-electron chi connectivity index (χ0n) is 25.5. The van der Waals surface area contributed by atoms with E-state index in [4.69, 9.17) is 37.1 Å². The molecule has 0 aliphatic heterocycles. The zero-order chi connectivity index (χ0) is 30.4. The molecule has 4 rings (SSSR count). The fourth-order valence-electron chi connectivity index (χ4n) is 5.04. The molecule has 0 aliphatic carbocycles. The molecule has 1 aromatic heterocycles. The molecule has 40 heavy (non-hydrogen) atoms. The smallest absolute Gasteiger partial charge is 0.140 e. The average molecular weight is 590 g/mol. The first-order valence-corrected chi connectivity index (χ1v) is 14.3. The molecule has 0 saturated heterocycles. The highest BCUT2D eigenvalue weighted by Crippen LogP contribution is 2.52. The van der Waals surface area contributed by atoms with E-state index in [1.165, 1.54) is 0 Å². The molecular formula is C33H42Cl2O5. The van der Waals surface area contributed by atoms with E-state index >= 15 is 0 Å². The highest BCUT2D eigenvalue weighted by atomic mass is 35.5. The van der Waals surface area contributed by atoms with E-state index in [-0.39, 0.29) is 33.1 Å². The number of alkyl halides is 2. The Morgan fingerprint density at radius 1 is 0.725 bits per heavy atom. The Kier molecular flexibility index (Phi) is 8.94. The molecule has 0 bridgehead atoms. The number of phenolic OH excluding ortho intramolecular Hbond substituents is 2. The van der Waals surface area contributed by atoms with Gasteiger partial charge in [-0.1, -0.05) is 62.3 Å². The van der Waals surface area contributed by atoms with Crippen molar-refractivity contribution in [3.8, 4) is 34.1 Å². The van der Waals surface area contributed by atoms with E-state index in [1.807, 2.05) is 24.3 Å². The Morgan fingerprint density at radius 3 is 1.75 bits per heavy atom. The minimum Gasteiger partial charge on any atom is -0.508 e. The van der Waals surface area contributed by atoms with Crippen molar-refractivity contribution in [2.45, 2.75) is 78.6 Å². The fraction of sp³-hybridized carbons (Fsp3) is 0.455. The second-order valence-electron chi connectivity index (χ2n) is 13.1. The van der Waals surface area contributed by atoms with Crippen LogP contribution in [0.15, 0.2) is 34.7 Å². The number of ether oxygens (including phenoxy) is 2. The number of phenols is 2. The summed E-state index contributed by atoms with van der Waals surface area (Å²) < 4.78 is 18.2. The number of benzene rings is 3. The third kappa shape index (κ3) is 5.96. The molecule has 218 valence electrons. The van der Waals surface area contributed by atoms with Crippen LogP contribution in [0.25, 0.3) is 33.1 Å². The van der Waals surface area contributed by atoms with Gasteiger partial charge in [-0.15, -0.1) is 23.2 Å². The first-order valence-electron chi connectivity index (χ1n) is 13.3. The molecule has 2 N–H and O–H groups in total. The lowest BCUT2D eigenvalue weighted by Gasteiger charge is -2.25. The van der Waals surface area contributed by atoms with Crippen molar-refractivity contribution in [3.63, 3.8) is 0 Å². The Labute approximate surface area is 248 Å². The summed E-state index contributed by atoms with van der Waals surface area (Å²) in [5.41, 5.74) is 4.39. The first-order chi connectivity index (χ1) is 18.4. The van der Waals surface area contributed by atoms with Gasteiger partial charge in [0.15, 0.2) is 0 Å². The van der Waals surface area contributed by atoms with Crippen molar-refractivity contribution in [3.05, 3.63) is 47.0 Å². The minimum absolute atomic E-state index is 0.168. The summed E-state index contributed by atoms with van der Waals surface area (Å²) >= 11 is 9.53. The number of aromatic hydroxyl groups is 2. The molecule has 4 aromatic rings. The van der Waals surface area contributed by atoms with Crippen molar-refractivity contribution in [2.24, 2.45) is 0 Å². The summed E-state index contributed by atoms with van der Waals surface area (Å²) in [5, 5.41) is 24.5. The number of furan rings is 1. The number of rotatable bonds is 3. The Balaban J connectivity index is 0.00000141. The average Bonchev–Trinajstić information content (AvgIpc) is 3.19. The molecule has 0 spiro atoms. The molecule has 0 amide bonds. The van der Waals surface area contributed by atoms with Gasteiger partial charge < -0.3 is 24.1 Å². The van der Waals surface area contributed by atoms with Crippen molar-refractivity contribution in [2.75, 3.05) is 19.6 Å². The van der Waals surface area contributed by atoms with E-state index in [1.54, 1.807) is 20.3 Å². The monoisotopic (exact) mass is 588 g/mol. The second-order valence-corrected chi connectivity index (χ2v) is 13.9. The molecule has 0 aliphatic rings. The van der Waals surface area contributed by atoms with Crippen molar-refractivity contribution >= 4 is 45.1 Å². The maximum Gasteiger partial charge on any atom is 0.140 e. The highest BCUT2D eigenvalue weighted by molar-refractivity contribution is 6.40. The van der Waals surface area contributed by atoms with E-state index < -0.39 is 0 Å². The van der Waals surface area contributed by atoms with Crippen LogP contribution in [0, 0.1) is 0 Å². The summed E-state index contributed by atoms with van der Waals surface area (Å²) in [5.74, 6) is 1.63. The lowest BCUT2D eigenvalue weighted by Crippen LogP contribution is -2.13. The van der Waals surface area contributed by atoms with Crippen LogP contribution < -0.4 is 9.47 Å². The third-order valence-corrected chi connectivity index (χ3v) is 7.06. The molecule has 0 atom stereocenters. The van der Waals surface area contributed by atoms with Gasteiger partial charge in [0.1, 0.15) is 34.2 Å². The van der Waals surface area contributed by atoms with Crippen LogP contribution in [0.5, 0.6) is 23.0 Å². The number of hydrogen-bond acceptors (Lipinski definition) is 5. The van der Waals surface area contributed by atoms with Crippen molar-refractivity contribution in [1.82, 2.24) is 0 Å². The third-order valence-electron chi connectivity index (χ3n) is 7.06. The Morgan fingerprint density at radius 2 is 1.27 bits per heavy atom. The van der Waals surface area contributed by atoms with E-state index in [2.05, 4.69) is 62.3 Å². The van der Waals surface area contributed by atoms with Gasteiger partial charge in [-0.2, -0.15) is 0 Å². The van der Waals surface area contributed by atoms with Gasteiger partial charge in [0.05, 0.1) is 19.6 Å². The van der Waals surface area contributed by atoms with Crippen LogP contribution in [0.2, 0.25) is 0 Å². The maximum atomic E-state index is 11.6. The van der Waals surface area contributed by atoms with E-state index in [9.17, 15) is 10.2 Å². The van der Waals surface area contributed by atoms with Crippen LogP contribution in [0.3, 0.4) is 0 Å². The largest absolute Gasteiger partial charge is 0.508 e. The number of halogens is 2. The highest BCUT2D eigenvalue weighted by Gasteiger charge is 2.31. The summed E-state index contributed by atoms with van der Waals surface area (Å²) in [7, 11) is 3.26. The molecule has 0 fully saturated rings. The molecule has 7 heteroatoms. The predicted octanol–water partition coefficient (Wildman–Crippen LogP) is 10.00. The standard InChI is InChI=1S/C32H40O5.CH2Cl2/c1-30(2,3)20-15-24-18(14-23(20)33)27-26(25(36-11)16-22(29(27)37-24)32(7,8)9)19-12-17(35-10)13-21(28(19)34)31(4,5)6;2-1-3/h12-16,33-34H,1-11H3;1H2. The van der Waals surface area contributed by atoms with Gasteiger partial charge in [0, 0.05) is 38.6 Å². The van der Waals surface area contributed by atoms with E-state index in [0.717, 1.165) is 27.5 Å². The van der Waals surface area contributed by atoms with Crippen LogP contribution in [0.4, 0.5) is 0 Å². The summed E-state index contributed by atoms with van der Waals surface area (Å²) in [6.45, 7) is 18.8. The number of fused-ring (bicyclic) bond motifs is 3. The van der Waals surface area contributed by atoms with Crippen LogP contribution in [0.1, 0.15) is 79.0 Å². The Hall–Kier alpha value is -2.76. The van der Waals surface area contributed by atoms with Gasteiger partial charge >= 0.3 is 0 Å². The van der Waals surface area contributed by atoms with E-state index in [0.29, 0.717) is 33.8 Å². The van der Waals surface area contributed by atoms with Crippen LogP contribution >= 0.6 is 23.2 Å². The van der Waals surface area contributed by atoms with Gasteiger partial charge in [-0.25, -0.2) is 0 Å². The number of hydrogen-bond donors (Lipinski definition) is 2. The fourth-order valence-corrected chi connectivity index (χ4v) is 5.04. The van der Waals surface area contributed by atoms with Crippen LogP contribution in [-0.4, -0.2) is 29.8 Å². The molecule has 5 nitrogen and oxygen atoms in total. The predicted molar refractivity (Wildman–Crippen MR) is 168 cm³/mol. The molecular weight excluding hydrogens is 547 g/mol. The lowest BCUT2D eigenvalue weighted by molar-refractivity contribution is 0.404. The maximum absolute atomic E-state index is 11.6. The van der Waals surface area contributed by atoms with Crippen molar-refractivity contribution < 1.29 is 24.1 Å². The van der Waals surface area contributed by atoms with Gasteiger partial charge in [-0.3, -0.25) is 0 Å². The molecule has 0 saturated carbocycles. The first kappa shape index (κ1) is 31.8. The lowest BCUT2D eigenvalue weighted by atomic mass is 9.81. The van der Waals surface area contributed by atoms with Crippen molar-refractivity contribution in [1.29, 1.82) is 0 Å². The summed E-state index contributed by atoms with van der Waals surface area (Å²) in [4.78, 5) is 0. The molecule has 3 aromatic carbocycles. The quantitative estimate of drug-likeness (QED) is 0.233. The minimum atomic E-state index is -0.330. The topological polar surface area (TPSA) is 72.1 Å². The van der Waals surface area contributed by atoms with Gasteiger partial charge in [0.25, 0.3) is 0 Å². The summed E-state index contributed by atoms with van der Waals surface area (Å²) in [6.07, 6.45) is 0. The molecule has 1 heterocycles. The van der Waals surface area contributed by atoms with Gasteiger partial charge in [0.2, 0.25) is 0 Å². The second kappa shape index (κ2) is 11.3. The normalized spacial score (nSPS) is 12.4.